The maximum Gasteiger partial charge on any atom is 0.328 e. The molecule has 2 atom stereocenters. The molecular formula is C27H30N4O4. The van der Waals surface area contributed by atoms with Gasteiger partial charge in [-0.25, -0.2) is 4.79 Å². The van der Waals surface area contributed by atoms with Crippen molar-refractivity contribution in [2.45, 2.75) is 32.9 Å². The van der Waals surface area contributed by atoms with Crippen LogP contribution in [-0.2, 0) is 16.1 Å². The van der Waals surface area contributed by atoms with Crippen molar-refractivity contribution in [3.8, 4) is 11.1 Å². The highest BCUT2D eigenvalue weighted by molar-refractivity contribution is 6.05. The molecule has 0 aliphatic carbocycles. The molecule has 2 unspecified atom stereocenters. The minimum atomic E-state index is -0.749. The summed E-state index contributed by atoms with van der Waals surface area (Å²) in [4.78, 5) is 41.9. The number of carbonyl (C=O) groups is 3. The van der Waals surface area contributed by atoms with Crippen LogP contribution < -0.4 is 16.4 Å². The molecular weight excluding hydrogens is 444 g/mol. The number of pyridine rings is 1. The van der Waals surface area contributed by atoms with Crippen molar-refractivity contribution >= 4 is 23.5 Å². The summed E-state index contributed by atoms with van der Waals surface area (Å²) in [6.07, 6.45) is 3.90. The summed E-state index contributed by atoms with van der Waals surface area (Å²) in [5.41, 5.74) is 9.73. The number of hydrogen-bond donors (Lipinski definition) is 3. The van der Waals surface area contributed by atoms with Crippen LogP contribution in [0.25, 0.3) is 11.1 Å². The van der Waals surface area contributed by atoms with Crippen LogP contribution in [0.4, 0.5) is 5.69 Å². The molecule has 0 fully saturated rings. The molecule has 0 saturated carbocycles. The van der Waals surface area contributed by atoms with Gasteiger partial charge in [-0.2, -0.15) is 0 Å². The molecule has 1 aromatic heterocycles. The van der Waals surface area contributed by atoms with E-state index in [1.165, 1.54) is 7.11 Å². The molecule has 4 N–H and O–H groups in total. The number of anilines is 1. The molecule has 0 aliphatic rings. The maximum absolute atomic E-state index is 13.0. The minimum absolute atomic E-state index is 0.0889. The number of nitrogens with two attached hydrogens (primary N) is 1. The Balaban J connectivity index is 1.89. The van der Waals surface area contributed by atoms with E-state index in [0.717, 1.165) is 16.7 Å². The molecule has 35 heavy (non-hydrogen) atoms. The Morgan fingerprint density at radius 1 is 1.00 bits per heavy atom. The van der Waals surface area contributed by atoms with Crippen LogP contribution >= 0.6 is 0 Å². The van der Waals surface area contributed by atoms with Crippen LogP contribution in [-0.4, -0.2) is 35.9 Å². The normalized spacial score (nSPS) is 12.3. The molecule has 0 aliphatic heterocycles. The van der Waals surface area contributed by atoms with Gasteiger partial charge >= 0.3 is 5.97 Å². The lowest BCUT2D eigenvalue weighted by Gasteiger charge is -2.22. The van der Waals surface area contributed by atoms with Gasteiger partial charge in [-0.3, -0.25) is 14.6 Å². The monoisotopic (exact) mass is 474 g/mol. The van der Waals surface area contributed by atoms with E-state index in [1.54, 1.807) is 60.9 Å². The Bertz CT molecular complexity index is 1200. The molecule has 0 bridgehead atoms. The van der Waals surface area contributed by atoms with Gasteiger partial charge in [0, 0.05) is 35.8 Å². The van der Waals surface area contributed by atoms with Crippen molar-refractivity contribution < 1.29 is 19.1 Å². The van der Waals surface area contributed by atoms with Gasteiger partial charge < -0.3 is 21.1 Å². The zero-order valence-corrected chi connectivity index (χ0v) is 20.1. The molecule has 8 heteroatoms. The lowest BCUT2D eigenvalue weighted by Crippen LogP contribution is -2.45. The number of carbonyl (C=O) groups excluding carboxylic acids is 3. The Morgan fingerprint density at radius 2 is 1.71 bits per heavy atom. The summed E-state index contributed by atoms with van der Waals surface area (Å²) < 4.78 is 4.86. The predicted molar refractivity (Wildman–Crippen MR) is 135 cm³/mol. The highest BCUT2D eigenvalue weighted by Gasteiger charge is 2.27. The van der Waals surface area contributed by atoms with E-state index < -0.39 is 12.0 Å². The fourth-order valence-electron chi connectivity index (χ4n) is 3.65. The second-order valence-corrected chi connectivity index (χ2v) is 8.21. The second-order valence-electron chi connectivity index (χ2n) is 8.21. The first kappa shape index (κ1) is 25.6. The number of hydrogen-bond acceptors (Lipinski definition) is 6. The van der Waals surface area contributed by atoms with Crippen LogP contribution in [0.15, 0.2) is 67.0 Å². The Hall–Kier alpha value is -4.04. The highest BCUT2D eigenvalue weighted by atomic mass is 16.5. The molecule has 0 radical (unpaired) electrons. The van der Waals surface area contributed by atoms with Gasteiger partial charge in [-0.05, 0) is 59.0 Å². The van der Waals surface area contributed by atoms with E-state index >= 15 is 0 Å². The summed E-state index contributed by atoms with van der Waals surface area (Å²) in [6.45, 7) is 4.09. The van der Waals surface area contributed by atoms with E-state index in [4.69, 9.17) is 10.5 Å². The first-order valence-electron chi connectivity index (χ1n) is 11.4. The number of nitrogens with one attached hydrogen (secondary N) is 2. The third-order valence-corrected chi connectivity index (χ3v) is 5.92. The number of nitrogens with zero attached hydrogens (tertiary/aromatic N) is 1. The van der Waals surface area contributed by atoms with Crippen LogP contribution in [0.1, 0.15) is 46.5 Å². The molecule has 3 rings (SSSR count). The Kier molecular flexibility index (Phi) is 8.69. The summed E-state index contributed by atoms with van der Waals surface area (Å²) in [5, 5.41) is 5.63. The summed E-state index contributed by atoms with van der Waals surface area (Å²) in [7, 11) is 1.30. The smallest absolute Gasteiger partial charge is 0.328 e. The van der Waals surface area contributed by atoms with Gasteiger partial charge in [0.15, 0.2) is 0 Å². The number of aromatic nitrogens is 1. The fraction of sp³-hybridized carbons (Fsp3) is 0.259. The number of ether oxygens (including phenoxy) is 1. The lowest BCUT2D eigenvalue weighted by atomic mass is 9.95. The number of amides is 2. The lowest BCUT2D eigenvalue weighted by molar-refractivity contribution is -0.144. The van der Waals surface area contributed by atoms with Crippen molar-refractivity contribution in [1.82, 2.24) is 10.3 Å². The largest absolute Gasteiger partial charge is 0.467 e. The van der Waals surface area contributed by atoms with E-state index in [-0.39, 0.29) is 24.3 Å². The zero-order valence-electron chi connectivity index (χ0n) is 20.1. The average molecular weight is 475 g/mol. The molecule has 3 aromatic rings. The standard InChI is InChI=1S/C27H30N4O4/c1-4-17(2)24(27(34)35-3)31-26(33)19-7-5-6-18(14-19)23-15-20(8-9-21(23)16-28)25(32)30-22-10-12-29-13-11-22/h5-15,17,24H,4,16,28H2,1-3H3,(H,31,33)(H,29,30,32). The summed E-state index contributed by atoms with van der Waals surface area (Å²) >= 11 is 0. The first-order valence-corrected chi connectivity index (χ1v) is 11.4. The van der Waals surface area contributed by atoms with Crippen LogP contribution in [0.3, 0.4) is 0 Å². The maximum atomic E-state index is 13.0. The number of methoxy groups -OCH3 is 1. The first-order chi connectivity index (χ1) is 16.9. The molecule has 2 aromatic carbocycles. The van der Waals surface area contributed by atoms with E-state index in [2.05, 4.69) is 15.6 Å². The molecule has 182 valence electrons. The van der Waals surface area contributed by atoms with E-state index in [9.17, 15) is 14.4 Å². The van der Waals surface area contributed by atoms with Gasteiger partial charge in [-0.1, -0.05) is 38.5 Å². The van der Waals surface area contributed by atoms with Crippen LogP contribution in [0.2, 0.25) is 0 Å². The highest BCUT2D eigenvalue weighted by Crippen LogP contribution is 2.27. The van der Waals surface area contributed by atoms with Crippen LogP contribution in [0.5, 0.6) is 0 Å². The second kappa shape index (κ2) is 11.9. The summed E-state index contributed by atoms with van der Waals surface area (Å²) in [5.74, 6) is -1.23. The van der Waals surface area contributed by atoms with Gasteiger partial charge in [0.2, 0.25) is 0 Å². The van der Waals surface area contributed by atoms with E-state index in [0.29, 0.717) is 23.2 Å². The van der Waals surface area contributed by atoms with Gasteiger partial charge in [0.25, 0.3) is 11.8 Å². The van der Waals surface area contributed by atoms with Gasteiger partial charge in [-0.15, -0.1) is 0 Å². The fourth-order valence-corrected chi connectivity index (χ4v) is 3.65. The minimum Gasteiger partial charge on any atom is -0.467 e. The number of esters is 1. The molecule has 1 heterocycles. The Labute approximate surface area is 204 Å². The van der Waals surface area contributed by atoms with Crippen molar-refractivity contribution in [3.63, 3.8) is 0 Å². The van der Waals surface area contributed by atoms with Crippen molar-refractivity contribution in [1.29, 1.82) is 0 Å². The molecule has 8 nitrogen and oxygen atoms in total. The average Bonchev–Trinajstić information content (AvgIpc) is 2.90. The summed E-state index contributed by atoms with van der Waals surface area (Å²) in [6, 6.07) is 14.9. The quantitative estimate of drug-likeness (QED) is 0.406. The number of rotatable bonds is 9. The van der Waals surface area contributed by atoms with Crippen molar-refractivity contribution in [3.05, 3.63) is 83.7 Å². The van der Waals surface area contributed by atoms with Crippen molar-refractivity contribution in [2.24, 2.45) is 11.7 Å². The third kappa shape index (κ3) is 6.30. The molecule has 0 saturated heterocycles. The Morgan fingerprint density at radius 3 is 2.37 bits per heavy atom. The zero-order chi connectivity index (χ0) is 25.4. The molecule has 2 amide bonds. The van der Waals surface area contributed by atoms with Crippen LogP contribution in [0, 0.1) is 5.92 Å². The third-order valence-electron chi connectivity index (χ3n) is 5.92. The van der Waals surface area contributed by atoms with E-state index in [1.807, 2.05) is 19.9 Å². The van der Waals surface area contributed by atoms with Gasteiger partial charge in [0.1, 0.15) is 6.04 Å². The number of benzene rings is 2. The van der Waals surface area contributed by atoms with Gasteiger partial charge in [0.05, 0.1) is 7.11 Å². The topological polar surface area (TPSA) is 123 Å². The predicted octanol–water partition coefficient (Wildman–Crippen LogP) is 3.78. The SMILES string of the molecule is CCC(C)C(NC(=O)c1cccc(-c2cc(C(=O)Nc3ccncc3)ccc2CN)c1)C(=O)OC. The van der Waals surface area contributed by atoms with Crippen molar-refractivity contribution in [2.75, 3.05) is 12.4 Å². The molecule has 0 spiro atoms.